The van der Waals surface area contributed by atoms with Crippen LogP contribution in [0.3, 0.4) is 0 Å². The lowest BCUT2D eigenvalue weighted by Crippen LogP contribution is -2.32. The van der Waals surface area contributed by atoms with E-state index < -0.39 is 59.0 Å². The highest BCUT2D eigenvalue weighted by atomic mass is 32.2. The molecule has 238 valence electrons. The number of thioether (sulfide) groups is 1. The number of hydrogen-bond donors (Lipinski definition) is 2. The molecule has 3 aromatic carbocycles. The molecule has 0 saturated carbocycles. The van der Waals surface area contributed by atoms with Gasteiger partial charge in [-0.1, -0.05) is 35.2 Å². The summed E-state index contributed by atoms with van der Waals surface area (Å²) in [5.41, 5.74) is -0.204. The van der Waals surface area contributed by atoms with Crippen LogP contribution in [-0.2, 0) is 20.6 Å². The van der Waals surface area contributed by atoms with E-state index in [1.807, 2.05) is 0 Å². The molecule has 2 aliphatic rings. The van der Waals surface area contributed by atoms with Crippen molar-refractivity contribution in [1.29, 1.82) is 0 Å². The van der Waals surface area contributed by atoms with Crippen LogP contribution < -0.4 is 24.6 Å². The molecule has 0 radical (unpaired) electrons. The van der Waals surface area contributed by atoms with Crippen molar-refractivity contribution in [1.82, 2.24) is 4.98 Å². The SMILES string of the molecule is CCOc1cc(C2c3sc(=O)[nH]c3SC3C(=O)N(c4ccc(F)cc4)C(=O)C32)ccc1OCC(=O)Nc1cccc(C(F)(F)F)c1. The van der Waals surface area contributed by atoms with Gasteiger partial charge >= 0.3 is 11.0 Å². The minimum Gasteiger partial charge on any atom is -0.490 e. The Morgan fingerprint density at radius 2 is 1.74 bits per heavy atom. The summed E-state index contributed by atoms with van der Waals surface area (Å²) in [5, 5.41) is 1.97. The van der Waals surface area contributed by atoms with Gasteiger partial charge in [0.25, 0.3) is 5.91 Å². The van der Waals surface area contributed by atoms with Crippen LogP contribution >= 0.6 is 23.1 Å². The van der Waals surface area contributed by atoms with E-state index in [2.05, 4.69) is 10.3 Å². The highest BCUT2D eigenvalue weighted by molar-refractivity contribution is 8.00. The number of alkyl halides is 3. The van der Waals surface area contributed by atoms with Gasteiger partial charge in [0.2, 0.25) is 11.8 Å². The fourth-order valence-corrected chi connectivity index (χ4v) is 7.96. The Morgan fingerprint density at radius 3 is 2.46 bits per heavy atom. The van der Waals surface area contributed by atoms with Gasteiger partial charge in [-0.25, -0.2) is 9.29 Å². The molecule has 6 rings (SSSR count). The Morgan fingerprint density at radius 1 is 0.978 bits per heavy atom. The number of hydrogen-bond acceptors (Lipinski definition) is 8. The molecule has 1 fully saturated rings. The molecule has 2 aliphatic heterocycles. The number of amides is 3. The van der Waals surface area contributed by atoms with Crippen LogP contribution in [0.25, 0.3) is 0 Å². The molecule has 0 spiro atoms. The average Bonchev–Trinajstić information content (AvgIpc) is 3.50. The van der Waals surface area contributed by atoms with E-state index in [1.165, 1.54) is 30.3 Å². The summed E-state index contributed by atoms with van der Waals surface area (Å²) in [6, 6.07) is 14.0. The van der Waals surface area contributed by atoms with Gasteiger partial charge < -0.3 is 19.8 Å². The predicted molar refractivity (Wildman–Crippen MR) is 162 cm³/mol. The van der Waals surface area contributed by atoms with E-state index in [-0.39, 0.29) is 34.4 Å². The molecule has 2 N–H and O–H groups in total. The number of thiazole rings is 1. The zero-order chi connectivity index (χ0) is 32.7. The molecule has 3 heterocycles. The van der Waals surface area contributed by atoms with Crippen molar-refractivity contribution < 1.29 is 41.4 Å². The number of fused-ring (bicyclic) bond motifs is 2. The van der Waals surface area contributed by atoms with E-state index in [9.17, 15) is 36.7 Å². The number of anilines is 2. The summed E-state index contributed by atoms with van der Waals surface area (Å²) in [6.45, 7) is 1.37. The van der Waals surface area contributed by atoms with E-state index in [0.29, 0.717) is 15.5 Å². The largest absolute Gasteiger partial charge is 0.490 e. The van der Waals surface area contributed by atoms with Gasteiger partial charge in [0.1, 0.15) is 11.1 Å². The fourth-order valence-electron chi connectivity index (χ4n) is 5.44. The van der Waals surface area contributed by atoms with Gasteiger partial charge in [-0.05, 0) is 67.1 Å². The molecule has 15 heteroatoms. The van der Waals surface area contributed by atoms with Crippen LogP contribution in [0.5, 0.6) is 11.5 Å². The number of carbonyl (C=O) groups is 3. The molecule has 9 nitrogen and oxygen atoms in total. The van der Waals surface area contributed by atoms with Gasteiger partial charge in [0.05, 0.1) is 28.8 Å². The third-order valence-corrected chi connectivity index (χ3v) is 9.77. The Hall–Kier alpha value is -4.63. The van der Waals surface area contributed by atoms with E-state index in [4.69, 9.17) is 9.47 Å². The number of aromatic nitrogens is 1. The van der Waals surface area contributed by atoms with Gasteiger partial charge in [-0.2, -0.15) is 13.2 Å². The van der Waals surface area contributed by atoms with Crippen LogP contribution in [0.15, 0.2) is 76.6 Å². The van der Waals surface area contributed by atoms with Crippen molar-refractivity contribution in [2.45, 2.75) is 29.3 Å². The normalized spacial score (nSPS) is 19.1. The summed E-state index contributed by atoms with van der Waals surface area (Å²) in [6.07, 6.45) is -4.57. The van der Waals surface area contributed by atoms with Crippen molar-refractivity contribution in [2.75, 3.05) is 23.4 Å². The first-order chi connectivity index (χ1) is 21.9. The summed E-state index contributed by atoms with van der Waals surface area (Å²) in [5.74, 6) is -3.51. The predicted octanol–water partition coefficient (Wildman–Crippen LogP) is 5.81. The molecule has 3 atom stereocenters. The topological polar surface area (TPSA) is 118 Å². The third kappa shape index (κ3) is 5.99. The zero-order valence-electron chi connectivity index (χ0n) is 23.7. The zero-order valence-corrected chi connectivity index (χ0v) is 25.4. The lowest BCUT2D eigenvalue weighted by atomic mass is 9.83. The number of H-pyrrole nitrogens is 1. The highest BCUT2D eigenvalue weighted by Crippen LogP contribution is 2.53. The van der Waals surface area contributed by atoms with Crippen molar-refractivity contribution in [3.63, 3.8) is 0 Å². The van der Waals surface area contributed by atoms with E-state index >= 15 is 0 Å². The molecule has 1 aromatic heterocycles. The number of ether oxygens (including phenoxy) is 2. The fraction of sp³-hybridized carbons (Fsp3) is 0.226. The number of nitrogens with one attached hydrogen (secondary N) is 2. The second-order valence-corrected chi connectivity index (χ2v) is 12.5. The summed E-state index contributed by atoms with van der Waals surface area (Å²) >= 11 is 2.02. The van der Waals surface area contributed by atoms with Gasteiger partial charge in [0.15, 0.2) is 18.1 Å². The molecule has 3 amide bonds. The highest BCUT2D eigenvalue weighted by Gasteiger charge is 2.56. The Kier molecular flexibility index (Phi) is 8.37. The van der Waals surface area contributed by atoms with Crippen LogP contribution in [0.4, 0.5) is 28.9 Å². The lowest BCUT2D eigenvalue weighted by Gasteiger charge is -2.30. The maximum atomic E-state index is 13.9. The maximum absolute atomic E-state index is 13.9. The number of halogens is 4. The number of rotatable bonds is 8. The summed E-state index contributed by atoms with van der Waals surface area (Å²) in [4.78, 5) is 56.4. The van der Waals surface area contributed by atoms with Crippen LogP contribution in [0.1, 0.15) is 28.8 Å². The molecule has 46 heavy (non-hydrogen) atoms. The molecule has 0 bridgehead atoms. The third-order valence-electron chi connectivity index (χ3n) is 7.37. The quantitative estimate of drug-likeness (QED) is 0.179. The molecule has 3 unspecified atom stereocenters. The lowest BCUT2D eigenvalue weighted by molar-refractivity contribution is -0.137. The van der Waals surface area contributed by atoms with Gasteiger partial charge in [-0.15, -0.1) is 0 Å². The molecular formula is C31H23F4N3O6S2. The number of carbonyl (C=O) groups excluding carboxylic acids is 3. The number of nitrogens with zero attached hydrogens (tertiary/aromatic N) is 1. The van der Waals surface area contributed by atoms with Crippen molar-refractivity contribution >= 4 is 52.2 Å². The number of aromatic amines is 1. The van der Waals surface area contributed by atoms with Gasteiger partial charge in [0, 0.05) is 16.5 Å². The van der Waals surface area contributed by atoms with Crippen molar-refractivity contribution in [2.24, 2.45) is 5.92 Å². The molecular weight excluding hydrogens is 650 g/mol. The van der Waals surface area contributed by atoms with Crippen molar-refractivity contribution in [3.05, 3.63) is 98.2 Å². The molecule has 1 saturated heterocycles. The minimum absolute atomic E-state index is 0.0553. The average molecular weight is 674 g/mol. The Balaban J connectivity index is 1.28. The van der Waals surface area contributed by atoms with Crippen LogP contribution in [0, 0.1) is 11.7 Å². The van der Waals surface area contributed by atoms with E-state index in [0.717, 1.165) is 52.3 Å². The van der Waals surface area contributed by atoms with Crippen LogP contribution in [-0.4, -0.2) is 41.2 Å². The van der Waals surface area contributed by atoms with E-state index in [1.54, 1.807) is 19.1 Å². The molecule has 0 aliphatic carbocycles. The second-order valence-electron chi connectivity index (χ2n) is 10.3. The summed E-state index contributed by atoms with van der Waals surface area (Å²) < 4.78 is 64.2. The second kappa shape index (κ2) is 12.3. The first-order valence-corrected chi connectivity index (χ1v) is 15.5. The molecule has 4 aromatic rings. The number of benzene rings is 3. The Labute approximate surface area is 266 Å². The number of imide groups is 1. The smallest absolute Gasteiger partial charge is 0.416 e. The monoisotopic (exact) mass is 673 g/mol. The maximum Gasteiger partial charge on any atom is 0.416 e. The Bertz CT molecular complexity index is 1890. The summed E-state index contributed by atoms with van der Waals surface area (Å²) in [7, 11) is 0. The van der Waals surface area contributed by atoms with Crippen molar-refractivity contribution in [3.8, 4) is 11.5 Å². The first kappa shape index (κ1) is 31.4. The standard InChI is InChI=1S/C31H23F4N3O6S2/c1-2-43-21-12-15(6-11-20(21)44-14-22(39)36-18-5-3-4-16(13-18)31(33,34)35)23-24-26(45-27-25(23)46-30(42)37-27)29(41)38(28(24)40)19-9-7-17(32)8-10-19/h3-13,23-24,26H,2,14H2,1H3,(H,36,39)(H,37,42). The first-order valence-electron chi connectivity index (χ1n) is 13.8. The van der Waals surface area contributed by atoms with Crippen LogP contribution in [0.2, 0.25) is 0 Å². The van der Waals surface area contributed by atoms with Gasteiger partial charge in [-0.3, -0.25) is 19.2 Å². The minimum atomic E-state index is -4.57.